The summed E-state index contributed by atoms with van der Waals surface area (Å²) < 4.78 is 6.31. The van der Waals surface area contributed by atoms with Crippen LogP contribution in [-0.4, -0.2) is 15.0 Å². The highest BCUT2D eigenvalue weighted by Gasteiger charge is 2.18. The molecule has 0 saturated heterocycles. The maximum Gasteiger partial charge on any atom is 0.227 e. The van der Waals surface area contributed by atoms with Crippen LogP contribution in [0.25, 0.3) is 55.0 Å². The number of hydrogen-bond donors (Lipinski definition) is 0. The second-order valence-corrected chi connectivity index (χ2v) is 10.8. The molecule has 0 unspecified atom stereocenters. The van der Waals surface area contributed by atoms with Crippen molar-refractivity contribution in [3.05, 3.63) is 77.7 Å². The topological polar surface area (TPSA) is 51.8 Å². The van der Waals surface area contributed by atoms with E-state index in [0.717, 1.165) is 57.1 Å². The second-order valence-electron chi connectivity index (χ2n) is 10.8. The van der Waals surface area contributed by atoms with Crippen molar-refractivity contribution in [1.82, 2.24) is 15.0 Å². The van der Waals surface area contributed by atoms with E-state index in [-0.39, 0.29) is 0 Å². The van der Waals surface area contributed by atoms with Gasteiger partial charge < -0.3 is 4.42 Å². The van der Waals surface area contributed by atoms with Crippen LogP contribution in [0, 0.1) is 18.8 Å². The zero-order valence-electron chi connectivity index (χ0n) is 21.6. The third-order valence-electron chi connectivity index (χ3n) is 6.89. The van der Waals surface area contributed by atoms with E-state index in [2.05, 4.69) is 81.2 Å². The van der Waals surface area contributed by atoms with Gasteiger partial charge in [-0.2, -0.15) is 0 Å². The van der Waals surface area contributed by atoms with Crippen molar-refractivity contribution in [2.24, 2.45) is 11.8 Å². The predicted molar refractivity (Wildman–Crippen MR) is 149 cm³/mol. The Kier molecular flexibility index (Phi) is 5.48. The number of hydrogen-bond acceptors (Lipinski definition) is 4. The molecule has 180 valence electrons. The van der Waals surface area contributed by atoms with Gasteiger partial charge in [-0.1, -0.05) is 58.0 Å². The molecule has 6 rings (SSSR count). The third-order valence-corrected chi connectivity index (χ3v) is 6.89. The Morgan fingerprint density at radius 2 is 1.61 bits per heavy atom. The molecule has 0 saturated carbocycles. The first-order valence-corrected chi connectivity index (χ1v) is 12.9. The largest absolute Gasteiger partial charge is 0.437 e. The molecule has 0 radical (unpaired) electrons. The average Bonchev–Trinajstić information content (AvgIpc) is 3.20. The van der Waals surface area contributed by atoms with E-state index in [1.807, 2.05) is 13.0 Å². The lowest BCUT2D eigenvalue weighted by atomic mass is 9.90. The Hall–Kier alpha value is -3.79. The van der Waals surface area contributed by atoms with E-state index in [1.165, 1.54) is 21.9 Å². The molecular formula is C32H31N3O. The minimum Gasteiger partial charge on any atom is -0.437 e. The molecule has 0 amide bonds. The highest BCUT2D eigenvalue weighted by Crippen LogP contribution is 2.39. The van der Waals surface area contributed by atoms with Gasteiger partial charge in [-0.05, 0) is 72.4 Å². The van der Waals surface area contributed by atoms with Crippen molar-refractivity contribution in [2.75, 3.05) is 0 Å². The first-order valence-electron chi connectivity index (χ1n) is 12.9. The molecule has 4 nitrogen and oxygen atoms in total. The predicted octanol–water partition coefficient (Wildman–Crippen LogP) is 8.45. The quantitative estimate of drug-likeness (QED) is 0.236. The van der Waals surface area contributed by atoms with Crippen LogP contribution in [0.2, 0.25) is 0 Å². The zero-order chi connectivity index (χ0) is 25.0. The normalized spacial score (nSPS) is 12.2. The molecule has 0 spiro atoms. The lowest BCUT2D eigenvalue weighted by molar-refractivity contribution is 0.638. The molecule has 3 aromatic carbocycles. The number of rotatable bonds is 5. The summed E-state index contributed by atoms with van der Waals surface area (Å²) in [6.07, 6.45) is 3.79. The molecule has 4 heteroatoms. The number of para-hydroxylation sites is 1. The van der Waals surface area contributed by atoms with Gasteiger partial charge in [0.05, 0.1) is 11.2 Å². The van der Waals surface area contributed by atoms with Gasteiger partial charge >= 0.3 is 0 Å². The van der Waals surface area contributed by atoms with Gasteiger partial charge in [0, 0.05) is 32.8 Å². The Labute approximate surface area is 211 Å². The maximum absolute atomic E-state index is 6.31. The van der Waals surface area contributed by atoms with Gasteiger partial charge in [0.25, 0.3) is 0 Å². The fourth-order valence-electron chi connectivity index (χ4n) is 5.50. The number of fused-ring (bicyclic) bond motifs is 6. The van der Waals surface area contributed by atoms with E-state index in [0.29, 0.717) is 17.5 Å². The summed E-state index contributed by atoms with van der Waals surface area (Å²) in [6.45, 7) is 11.1. The van der Waals surface area contributed by atoms with E-state index in [9.17, 15) is 0 Å². The maximum atomic E-state index is 6.31. The van der Waals surface area contributed by atoms with Crippen LogP contribution in [-0.2, 0) is 12.8 Å². The molecular weight excluding hydrogens is 442 g/mol. The van der Waals surface area contributed by atoms with Crippen molar-refractivity contribution in [1.29, 1.82) is 0 Å². The second kappa shape index (κ2) is 8.70. The smallest absolute Gasteiger partial charge is 0.227 e. The molecule has 0 aliphatic rings. The number of aromatic nitrogens is 3. The van der Waals surface area contributed by atoms with Crippen molar-refractivity contribution >= 4 is 43.7 Å². The van der Waals surface area contributed by atoms with Crippen molar-refractivity contribution in [3.63, 3.8) is 0 Å². The Balaban J connectivity index is 1.63. The van der Waals surface area contributed by atoms with Gasteiger partial charge in [-0.3, -0.25) is 0 Å². The number of pyridine rings is 1. The lowest BCUT2D eigenvalue weighted by Crippen LogP contribution is -2.01. The monoisotopic (exact) mass is 473 g/mol. The van der Waals surface area contributed by atoms with Crippen molar-refractivity contribution in [3.8, 4) is 11.3 Å². The van der Waals surface area contributed by atoms with E-state index in [1.54, 1.807) is 6.33 Å². The Morgan fingerprint density at radius 1 is 0.806 bits per heavy atom. The van der Waals surface area contributed by atoms with Crippen LogP contribution in [0.3, 0.4) is 0 Å². The third kappa shape index (κ3) is 3.81. The van der Waals surface area contributed by atoms with Gasteiger partial charge in [-0.25, -0.2) is 15.0 Å². The number of nitrogens with zero attached hydrogens (tertiary/aromatic N) is 3. The summed E-state index contributed by atoms with van der Waals surface area (Å²) in [4.78, 5) is 14.2. The van der Waals surface area contributed by atoms with E-state index >= 15 is 0 Å². The first kappa shape index (κ1) is 22.7. The SMILES string of the molecule is Cc1ccc2c(n1)oc1c(-c3ncnc4c3ccc3cc(CC(C)C)cc(CC(C)C)c34)cccc12. The van der Waals surface area contributed by atoms with Crippen LogP contribution in [0.15, 0.2) is 65.3 Å². The molecule has 6 aromatic rings. The molecule has 0 atom stereocenters. The summed E-state index contributed by atoms with van der Waals surface area (Å²) in [6, 6.07) is 19.5. The zero-order valence-corrected chi connectivity index (χ0v) is 21.6. The summed E-state index contributed by atoms with van der Waals surface area (Å²) in [7, 11) is 0. The fourth-order valence-corrected chi connectivity index (χ4v) is 5.50. The molecule has 36 heavy (non-hydrogen) atoms. The standard InChI is InChI=1S/C32H31N3O/c1-18(2)13-21-15-22-10-12-26-29(33-17-34-30(26)28(22)23(16-21)14-19(3)4)27-8-6-7-24-25-11-9-20(5)35-32(25)36-31(24)27/h6-12,15-19H,13-14H2,1-5H3. The number of furan rings is 1. The molecule has 3 heterocycles. The summed E-state index contributed by atoms with van der Waals surface area (Å²) in [5, 5.41) is 5.62. The number of benzene rings is 3. The molecule has 0 bridgehead atoms. The fraction of sp³-hybridized carbons (Fsp3) is 0.281. The van der Waals surface area contributed by atoms with Crippen LogP contribution in [0.5, 0.6) is 0 Å². The molecule has 0 fully saturated rings. The minimum atomic E-state index is 0.555. The Morgan fingerprint density at radius 3 is 2.42 bits per heavy atom. The molecule has 0 aliphatic carbocycles. The van der Waals surface area contributed by atoms with Gasteiger partial charge in [0.15, 0.2) is 0 Å². The van der Waals surface area contributed by atoms with Crippen LogP contribution in [0.4, 0.5) is 0 Å². The number of aryl methyl sites for hydroxylation is 1. The molecule has 3 aromatic heterocycles. The summed E-state index contributed by atoms with van der Waals surface area (Å²) in [5.41, 5.74) is 8.06. The minimum absolute atomic E-state index is 0.555. The summed E-state index contributed by atoms with van der Waals surface area (Å²) in [5.74, 6) is 1.17. The first-order chi connectivity index (χ1) is 17.4. The molecule has 0 aliphatic heterocycles. The van der Waals surface area contributed by atoms with Crippen molar-refractivity contribution in [2.45, 2.75) is 47.5 Å². The van der Waals surface area contributed by atoms with Crippen molar-refractivity contribution < 1.29 is 4.42 Å². The van der Waals surface area contributed by atoms with Gasteiger partial charge in [0.2, 0.25) is 5.71 Å². The van der Waals surface area contributed by atoms with Gasteiger partial charge in [-0.15, -0.1) is 0 Å². The van der Waals surface area contributed by atoms with E-state index in [4.69, 9.17) is 14.4 Å². The highest BCUT2D eigenvalue weighted by molar-refractivity contribution is 6.14. The van der Waals surface area contributed by atoms with Crippen LogP contribution in [0.1, 0.15) is 44.5 Å². The molecule has 0 N–H and O–H groups in total. The van der Waals surface area contributed by atoms with Crippen LogP contribution < -0.4 is 0 Å². The highest BCUT2D eigenvalue weighted by atomic mass is 16.3. The Bertz CT molecular complexity index is 1760. The summed E-state index contributed by atoms with van der Waals surface area (Å²) >= 11 is 0. The van der Waals surface area contributed by atoms with Gasteiger partial charge in [0.1, 0.15) is 11.9 Å². The van der Waals surface area contributed by atoms with Crippen LogP contribution >= 0.6 is 0 Å². The lowest BCUT2D eigenvalue weighted by Gasteiger charge is -2.16. The van der Waals surface area contributed by atoms with E-state index < -0.39 is 0 Å². The average molecular weight is 474 g/mol.